The van der Waals surface area contributed by atoms with E-state index < -0.39 is 0 Å². The number of nitrogens with zero attached hydrogens (tertiary/aromatic N) is 1. The molecule has 132 valence electrons. The number of hydrogen-bond acceptors (Lipinski definition) is 3. The van der Waals surface area contributed by atoms with Crippen LogP contribution in [0.4, 0.5) is 0 Å². The molecule has 1 aliphatic rings. The molecule has 1 saturated heterocycles. The molecule has 24 heavy (non-hydrogen) atoms. The first kappa shape index (κ1) is 18.6. The van der Waals surface area contributed by atoms with Gasteiger partial charge in [-0.25, -0.2) is 0 Å². The molecule has 3 N–H and O–H groups in total. The molecule has 0 bridgehead atoms. The first-order chi connectivity index (χ1) is 11.8. The third-order valence-corrected chi connectivity index (χ3v) is 5.18. The maximum Gasteiger partial charge on any atom is 0.222 e. The Labute approximate surface area is 149 Å². The molecule has 6 heteroatoms. The molecule has 1 atom stereocenters. The lowest BCUT2D eigenvalue weighted by Gasteiger charge is -2.12. The van der Waals surface area contributed by atoms with Gasteiger partial charge in [-0.2, -0.15) is 11.8 Å². The van der Waals surface area contributed by atoms with Gasteiger partial charge in [0, 0.05) is 31.3 Å². The minimum Gasteiger partial charge on any atom is -0.357 e. The van der Waals surface area contributed by atoms with Crippen LogP contribution in [0.2, 0.25) is 0 Å². The van der Waals surface area contributed by atoms with Gasteiger partial charge in [-0.05, 0) is 31.1 Å². The van der Waals surface area contributed by atoms with Gasteiger partial charge in [0.2, 0.25) is 5.91 Å². The summed E-state index contributed by atoms with van der Waals surface area (Å²) in [5.41, 5.74) is 1.11. The first-order valence-corrected chi connectivity index (χ1v) is 9.77. The Hall–Kier alpha value is -1.69. The predicted molar refractivity (Wildman–Crippen MR) is 102 cm³/mol. The van der Waals surface area contributed by atoms with Gasteiger partial charge in [0.05, 0.1) is 6.54 Å². The number of carbonyl (C=O) groups excluding carboxylic acids is 1. The second-order valence-corrected chi connectivity index (χ2v) is 7.20. The fourth-order valence-electron chi connectivity index (χ4n) is 2.50. The second kappa shape index (κ2) is 11.0. The lowest BCUT2D eigenvalue weighted by molar-refractivity contribution is -0.121. The fraction of sp³-hybridized carbons (Fsp3) is 0.556. The zero-order valence-electron chi connectivity index (χ0n) is 14.4. The van der Waals surface area contributed by atoms with E-state index in [9.17, 15) is 4.79 Å². The number of thioether (sulfide) groups is 1. The van der Waals surface area contributed by atoms with Crippen LogP contribution in [0.3, 0.4) is 0 Å². The molecule has 0 saturated carbocycles. The van der Waals surface area contributed by atoms with Crippen LogP contribution in [-0.2, 0) is 11.3 Å². The minimum atomic E-state index is 0.0496. The second-order valence-electron chi connectivity index (χ2n) is 5.79. The van der Waals surface area contributed by atoms with Crippen molar-refractivity contribution in [1.29, 1.82) is 0 Å². The average Bonchev–Trinajstić information content (AvgIpc) is 3.12. The van der Waals surface area contributed by atoms with Crippen LogP contribution < -0.4 is 16.0 Å². The van der Waals surface area contributed by atoms with Gasteiger partial charge >= 0.3 is 0 Å². The van der Waals surface area contributed by atoms with E-state index in [1.807, 2.05) is 49.0 Å². The number of amides is 1. The Bertz CT molecular complexity index is 515. The minimum absolute atomic E-state index is 0.0496. The lowest BCUT2D eigenvalue weighted by Crippen LogP contribution is -2.39. The van der Waals surface area contributed by atoms with Crippen LogP contribution in [0.15, 0.2) is 35.3 Å². The van der Waals surface area contributed by atoms with E-state index in [0.717, 1.165) is 24.6 Å². The van der Waals surface area contributed by atoms with Gasteiger partial charge in [-0.3, -0.25) is 9.79 Å². The Kier molecular flexibility index (Phi) is 8.52. The van der Waals surface area contributed by atoms with Crippen molar-refractivity contribution in [3.05, 3.63) is 35.9 Å². The van der Waals surface area contributed by atoms with Crippen LogP contribution in [0.25, 0.3) is 0 Å². The molecular formula is C18H28N4OS. The summed E-state index contributed by atoms with van der Waals surface area (Å²) in [5.74, 6) is 2.11. The smallest absolute Gasteiger partial charge is 0.222 e. The zero-order chi connectivity index (χ0) is 17.0. The molecule has 1 amide bonds. The molecular weight excluding hydrogens is 320 g/mol. The van der Waals surface area contributed by atoms with E-state index in [4.69, 9.17) is 0 Å². The summed E-state index contributed by atoms with van der Waals surface area (Å²) in [4.78, 5) is 16.5. The summed E-state index contributed by atoms with van der Waals surface area (Å²) in [6.45, 7) is 4.88. The van der Waals surface area contributed by atoms with Crippen molar-refractivity contribution in [2.75, 3.05) is 25.4 Å². The number of guanidine groups is 1. The summed E-state index contributed by atoms with van der Waals surface area (Å²) in [6, 6.07) is 9.95. The van der Waals surface area contributed by atoms with Crippen molar-refractivity contribution in [3.63, 3.8) is 0 Å². The Morgan fingerprint density at radius 2 is 2.08 bits per heavy atom. The SMILES string of the molecule is CCNC(=NCC1CCCS1)NCCC(=O)NCc1ccccc1. The van der Waals surface area contributed by atoms with Crippen LogP contribution in [0, 0.1) is 0 Å². The number of benzene rings is 1. The molecule has 5 nitrogen and oxygen atoms in total. The Morgan fingerprint density at radius 3 is 2.79 bits per heavy atom. The summed E-state index contributed by atoms with van der Waals surface area (Å²) in [6.07, 6.45) is 3.00. The van der Waals surface area contributed by atoms with Gasteiger partial charge in [0.25, 0.3) is 0 Å². The van der Waals surface area contributed by atoms with Crippen LogP contribution in [-0.4, -0.2) is 42.5 Å². The highest BCUT2D eigenvalue weighted by Gasteiger charge is 2.15. The van der Waals surface area contributed by atoms with E-state index in [0.29, 0.717) is 24.8 Å². The number of hydrogen-bond donors (Lipinski definition) is 3. The van der Waals surface area contributed by atoms with E-state index in [1.54, 1.807) is 0 Å². The molecule has 1 unspecified atom stereocenters. The maximum atomic E-state index is 11.9. The zero-order valence-corrected chi connectivity index (χ0v) is 15.2. The van der Waals surface area contributed by atoms with E-state index in [2.05, 4.69) is 20.9 Å². The monoisotopic (exact) mass is 348 g/mol. The van der Waals surface area contributed by atoms with Crippen molar-refractivity contribution in [2.24, 2.45) is 4.99 Å². The van der Waals surface area contributed by atoms with Gasteiger partial charge in [-0.15, -0.1) is 0 Å². The summed E-state index contributed by atoms with van der Waals surface area (Å²) in [5, 5.41) is 10.1. The number of rotatable bonds is 8. The topological polar surface area (TPSA) is 65.5 Å². The van der Waals surface area contributed by atoms with Crippen molar-refractivity contribution >= 4 is 23.6 Å². The predicted octanol–water partition coefficient (Wildman–Crippen LogP) is 2.14. The maximum absolute atomic E-state index is 11.9. The highest BCUT2D eigenvalue weighted by Crippen LogP contribution is 2.25. The Balaban J connectivity index is 1.65. The third kappa shape index (κ3) is 7.25. The molecule has 1 aromatic rings. The molecule has 0 aliphatic carbocycles. The van der Waals surface area contributed by atoms with E-state index >= 15 is 0 Å². The van der Waals surface area contributed by atoms with Crippen molar-refractivity contribution in [3.8, 4) is 0 Å². The molecule has 1 aromatic carbocycles. The molecule has 0 radical (unpaired) electrons. The average molecular weight is 349 g/mol. The van der Waals surface area contributed by atoms with Crippen molar-refractivity contribution in [2.45, 2.75) is 38.0 Å². The van der Waals surface area contributed by atoms with Crippen LogP contribution in [0.1, 0.15) is 31.7 Å². The van der Waals surface area contributed by atoms with Gasteiger partial charge < -0.3 is 16.0 Å². The number of aliphatic imine (C=N–C) groups is 1. The molecule has 0 aromatic heterocycles. The van der Waals surface area contributed by atoms with E-state index in [1.165, 1.54) is 18.6 Å². The van der Waals surface area contributed by atoms with Gasteiger partial charge in [0.15, 0.2) is 5.96 Å². The molecule has 1 aliphatic heterocycles. The molecule has 2 rings (SSSR count). The quantitative estimate of drug-likeness (QED) is 0.497. The number of nitrogens with one attached hydrogen (secondary N) is 3. The summed E-state index contributed by atoms with van der Waals surface area (Å²) < 4.78 is 0. The van der Waals surface area contributed by atoms with E-state index in [-0.39, 0.29) is 5.91 Å². The van der Waals surface area contributed by atoms with Gasteiger partial charge in [0.1, 0.15) is 0 Å². The summed E-state index contributed by atoms with van der Waals surface area (Å²) >= 11 is 2.01. The largest absolute Gasteiger partial charge is 0.357 e. The standard InChI is InChI=1S/C18H28N4OS/c1-2-19-18(22-14-16-9-6-12-24-16)20-11-10-17(23)21-13-15-7-4-3-5-8-15/h3-5,7-8,16H,2,6,9-14H2,1H3,(H,21,23)(H2,19,20,22). The number of carbonyl (C=O) groups is 1. The van der Waals surface area contributed by atoms with Gasteiger partial charge in [-0.1, -0.05) is 30.3 Å². The molecule has 0 spiro atoms. The fourth-order valence-corrected chi connectivity index (χ4v) is 3.68. The lowest BCUT2D eigenvalue weighted by atomic mass is 10.2. The Morgan fingerprint density at radius 1 is 1.25 bits per heavy atom. The first-order valence-electron chi connectivity index (χ1n) is 8.72. The molecule has 1 heterocycles. The highest BCUT2D eigenvalue weighted by molar-refractivity contribution is 8.00. The summed E-state index contributed by atoms with van der Waals surface area (Å²) in [7, 11) is 0. The van der Waals surface area contributed by atoms with Crippen molar-refractivity contribution in [1.82, 2.24) is 16.0 Å². The van der Waals surface area contributed by atoms with Crippen LogP contribution >= 0.6 is 11.8 Å². The highest BCUT2D eigenvalue weighted by atomic mass is 32.2. The van der Waals surface area contributed by atoms with Crippen molar-refractivity contribution < 1.29 is 4.79 Å². The normalized spacial score (nSPS) is 17.5. The molecule has 1 fully saturated rings. The third-order valence-electron chi connectivity index (χ3n) is 3.80. The van der Waals surface area contributed by atoms with Crippen LogP contribution in [0.5, 0.6) is 0 Å².